The smallest absolute Gasteiger partial charge is 0.241 e. The number of hydrogen-bond donors (Lipinski definition) is 2. The second-order valence-electron chi connectivity index (χ2n) is 6.72. The predicted molar refractivity (Wildman–Crippen MR) is 103 cm³/mol. The van der Waals surface area contributed by atoms with Crippen LogP contribution in [0, 0.1) is 26.6 Å². The highest BCUT2D eigenvalue weighted by Crippen LogP contribution is 2.21. The number of carbonyl (C=O) groups is 1. The lowest BCUT2D eigenvalue weighted by Crippen LogP contribution is -2.32. The molecule has 0 aliphatic heterocycles. The molecule has 0 aliphatic carbocycles. The molecule has 0 bridgehead atoms. The van der Waals surface area contributed by atoms with E-state index in [0.29, 0.717) is 11.1 Å². The van der Waals surface area contributed by atoms with Gasteiger partial charge >= 0.3 is 0 Å². The van der Waals surface area contributed by atoms with Crippen molar-refractivity contribution in [1.29, 1.82) is 0 Å². The third-order valence-corrected chi connectivity index (χ3v) is 6.03. The quantitative estimate of drug-likeness (QED) is 0.759. The number of halogens is 1. The minimum Gasteiger partial charge on any atom is -0.350 e. The van der Waals surface area contributed by atoms with Crippen LogP contribution in [0.5, 0.6) is 0 Å². The molecule has 0 aromatic heterocycles. The number of nitrogens with one attached hydrogen (secondary N) is 2. The van der Waals surface area contributed by atoms with E-state index in [4.69, 9.17) is 0 Å². The molecule has 2 aromatic carbocycles. The highest BCUT2D eigenvalue weighted by atomic mass is 32.2. The molecule has 2 rings (SSSR count). The van der Waals surface area contributed by atoms with E-state index in [1.807, 2.05) is 19.1 Å². The van der Waals surface area contributed by atoms with Gasteiger partial charge in [0.1, 0.15) is 5.82 Å². The Morgan fingerprint density at radius 1 is 1.07 bits per heavy atom. The summed E-state index contributed by atoms with van der Waals surface area (Å²) in [5, 5.41) is 2.78. The van der Waals surface area contributed by atoms with Crippen LogP contribution in [0.3, 0.4) is 0 Å². The minimum absolute atomic E-state index is 0.00292. The van der Waals surface area contributed by atoms with Gasteiger partial charge in [0.15, 0.2) is 0 Å². The number of carbonyl (C=O) groups excluding carboxylic acids is 1. The summed E-state index contributed by atoms with van der Waals surface area (Å²) >= 11 is 0. The summed E-state index contributed by atoms with van der Waals surface area (Å²) in [5.41, 5.74) is 3.12. The van der Waals surface area contributed by atoms with Crippen molar-refractivity contribution in [2.24, 2.45) is 0 Å². The van der Waals surface area contributed by atoms with Crippen molar-refractivity contribution in [2.45, 2.75) is 45.1 Å². The monoisotopic (exact) mass is 392 g/mol. The normalized spacial score (nSPS) is 12.6. The molecule has 0 radical (unpaired) electrons. The molecule has 1 atom stereocenters. The molecule has 0 saturated carbocycles. The standard InChI is InChI=1S/C20H25FN2O3S/c1-13-11-14(2)20(15(3)12-13)27(25,26)22-10-9-19(24)23-16(4)17-5-7-18(21)8-6-17/h5-8,11-12,16,22H,9-10H2,1-4H3,(H,23,24). The second kappa shape index (κ2) is 8.63. The maximum absolute atomic E-state index is 13.0. The summed E-state index contributed by atoms with van der Waals surface area (Å²) in [5.74, 6) is -0.625. The van der Waals surface area contributed by atoms with Gasteiger partial charge in [-0.15, -0.1) is 0 Å². The van der Waals surface area contributed by atoms with E-state index in [1.54, 1.807) is 32.9 Å². The van der Waals surface area contributed by atoms with Crippen LogP contribution in [0.2, 0.25) is 0 Å². The van der Waals surface area contributed by atoms with Gasteiger partial charge in [0.2, 0.25) is 15.9 Å². The predicted octanol–water partition coefficient (Wildman–Crippen LogP) is 3.30. The lowest BCUT2D eigenvalue weighted by Gasteiger charge is -2.15. The zero-order valence-electron chi connectivity index (χ0n) is 16.0. The number of hydrogen-bond acceptors (Lipinski definition) is 3. The van der Waals surface area contributed by atoms with Crippen LogP contribution in [-0.2, 0) is 14.8 Å². The Kier molecular flexibility index (Phi) is 6.73. The lowest BCUT2D eigenvalue weighted by atomic mass is 10.1. The van der Waals surface area contributed by atoms with Gasteiger partial charge in [0.05, 0.1) is 10.9 Å². The van der Waals surface area contributed by atoms with Crippen LogP contribution in [0.15, 0.2) is 41.3 Å². The van der Waals surface area contributed by atoms with E-state index in [2.05, 4.69) is 10.0 Å². The van der Waals surface area contributed by atoms with Gasteiger partial charge in [-0.3, -0.25) is 4.79 Å². The molecule has 2 aromatic rings. The van der Waals surface area contributed by atoms with E-state index in [0.717, 1.165) is 11.1 Å². The molecular weight excluding hydrogens is 367 g/mol. The zero-order chi connectivity index (χ0) is 20.2. The third-order valence-electron chi connectivity index (χ3n) is 4.27. The van der Waals surface area contributed by atoms with Gasteiger partial charge in [-0.2, -0.15) is 0 Å². The Morgan fingerprint density at radius 3 is 2.19 bits per heavy atom. The molecule has 5 nitrogen and oxygen atoms in total. The fraction of sp³-hybridized carbons (Fsp3) is 0.350. The molecule has 1 amide bonds. The Balaban J connectivity index is 1.93. The number of benzene rings is 2. The molecule has 0 fully saturated rings. The van der Waals surface area contributed by atoms with Gasteiger partial charge < -0.3 is 5.32 Å². The van der Waals surface area contributed by atoms with Crippen LogP contribution >= 0.6 is 0 Å². The van der Waals surface area contributed by atoms with Crippen molar-refractivity contribution in [3.8, 4) is 0 Å². The minimum atomic E-state index is -3.69. The maximum Gasteiger partial charge on any atom is 0.241 e. The molecule has 2 N–H and O–H groups in total. The summed E-state index contributed by atoms with van der Waals surface area (Å²) < 4.78 is 40.6. The second-order valence-corrected chi connectivity index (χ2v) is 8.42. The van der Waals surface area contributed by atoms with Gasteiger partial charge in [0, 0.05) is 13.0 Å². The molecule has 1 unspecified atom stereocenters. The number of amides is 1. The Bertz CT molecular complexity index is 902. The summed E-state index contributed by atoms with van der Waals surface area (Å²) in [6.07, 6.45) is 0.00865. The Labute approximate surface area is 160 Å². The molecule has 0 saturated heterocycles. The summed E-state index contributed by atoms with van der Waals surface area (Å²) in [6.45, 7) is 7.21. The first-order chi connectivity index (χ1) is 12.6. The molecular formula is C20H25FN2O3S. The molecule has 0 aliphatic rings. The van der Waals surface area contributed by atoms with Crippen molar-refractivity contribution in [3.05, 3.63) is 64.5 Å². The van der Waals surface area contributed by atoms with Crippen LogP contribution in [-0.4, -0.2) is 20.9 Å². The van der Waals surface area contributed by atoms with Gasteiger partial charge in [-0.25, -0.2) is 17.5 Å². The molecule has 0 heterocycles. The number of aryl methyl sites for hydroxylation is 3. The maximum atomic E-state index is 13.0. The van der Waals surface area contributed by atoms with Crippen molar-refractivity contribution < 1.29 is 17.6 Å². The van der Waals surface area contributed by atoms with Crippen molar-refractivity contribution in [2.75, 3.05) is 6.54 Å². The summed E-state index contributed by atoms with van der Waals surface area (Å²) in [6, 6.07) is 9.21. The van der Waals surface area contributed by atoms with E-state index < -0.39 is 10.0 Å². The third kappa shape index (κ3) is 5.61. The zero-order valence-corrected chi connectivity index (χ0v) is 16.8. The lowest BCUT2D eigenvalue weighted by molar-refractivity contribution is -0.121. The van der Waals surface area contributed by atoms with E-state index in [-0.39, 0.29) is 35.6 Å². The largest absolute Gasteiger partial charge is 0.350 e. The first kappa shape index (κ1) is 21.1. The summed E-state index contributed by atoms with van der Waals surface area (Å²) in [7, 11) is -3.69. The van der Waals surface area contributed by atoms with Crippen LogP contribution in [0.25, 0.3) is 0 Å². The van der Waals surface area contributed by atoms with E-state index >= 15 is 0 Å². The highest BCUT2D eigenvalue weighted by Gasteiger charge is 2.20. The fourth-order valence-corrected chi connectivity index (χ4v) is 4.59. The highest BCUT2D eigenvalue weighted by molar-refractivity contribution is 7.89. The average molecular weight is 392 g/mol. The molecule has 27 heavy (non-hydrogen) atoms. The van der Waals surface area contributed by atoms with Gasteiger partial charge in [-0.1, -0.05) is 29.8 Å². The molecule has 0 spiro atoms. The first-order valence-corrected chi connectivity index (χ1v) is 10.2. The van der Waals surface area contributed by atoms with E-state index in [9.17, 15) is 17.6 Å². The topological polar surface area (TPSA) is 75.3 Å². The first-order valence-electron chi connectivity index (χ1n) is 8.72. The Morgan fingerprint density at radius 2 is 1.63 bits per heavy atom. The van der Waals surface area contributed by atoms with Gasteiger partial charge in [-0.05, 0) is 56.5 Å². The van der Waals surface area contributed by atoms with Crippen LogP contribution in [0.4, 0.5) is 4.39 Å². The van der Waals surface area contributed by atoms with Crippen molar-refractivity contribution >= 4 is 15.9 Å². The number of rotatable bonds is 7. The molecule has 7 heteroatoms. The van der Waals surface area contributed by atoms with E-state index in [1.165, 1.54) is 12.1 Å². The number of sulfonamides is 1. The SMILES string of the molecule is Cc1cc(C)c(S(=O)(=O)NCCC(=O)NC(C)c2ccc(F)cc2)c(C)c1. The van der Waals surface area contributed by atoms with Crippen molar-refractivity contribution in [1.82, 2.24) is 10.0 Å². The average Bonchev–Trinajstić information content (AvgIpc) is 2.53. The van der Waals surface area contributed by atoms with Crippen LogP contribution in [0.1, 0.15) is 41.6 Å². The van der Waals surface area contributed by atoms with Crippen LogP contribution < -0.4 is 10.0 Å². The Hall–Kier alpha value is -2.25. The molecule has 146 valence electrons. The van der Waals surface area contributed by atoms with Gasteiger partial charge in [0.25, 0.3) is 0 Å². The summed E-state index contributed by atoms with van der Waals surface area (Å²) in [4.78, 5) is 12.3. The fourth-order valence-electron chi connectivity index (χ4n) is 3.11. The van der Waals surface area contributed by atoms with Crippen molar-refractivity contribution in [3.63, 3.8) is 0 Å².